The number of hydrogen-bond acceptors (Lipinski definition) is 4. The summed E-state index contributed by atoms with van der Waals surface area (Å²) in [4.78, 5) is 27.4. The lowest BCUT2D eigenvalue weighted by Gasteiger charge is -2.35. The van der Waals surface area contributed by atoms with Crippen LogP contribution in [0, 0.1) is 5.82 Å². The molecule has 0 bridgehead atoms. The van der Waals surface area contributed by atoms with Crippen molar-refractivity contribution in [3.63, 3.8) is 0 Å². The Kier molecular flexibility index (Phi) is 6.09. The normalized spacial score (nSPS) is 14.4. The van der Waals surface area contributed by atoms with Gasteiger partial charge in [0, 0.05) is 37.8 Å². The van der Waals surface area contributed by atoms with E-state index in [2.05, 4.69) is 0 Å². The van der Waals surface area contributed by atoms with E-state index in [0.29, 0.717) is 37.4 Å². The van der Waals surface area contributed by atoms with Crippen LogP contribution >= 0.6 is 0 Å². The molecule has 2 aromatic rings. The van der Waals surface area contributed by atoms with Gasteiger partial charge in [-0.25, -0.2) is 4.39 Å². The summed E-state index contributed by atoms with van der Waals surface area (Å²) in [6.45, 7) is 3.51. The molecule has 0 N–H and O–H groups in total. The Balaban J connectivity index is 1.59. The fraction of sp³-hybridized carbons (Fsp3) is 0.273. The monoisotopic (exact) mass is 382 g/mol. The number of benzene rings is 2. The Morgan fingerprint density at radius 1 is 1.07 bits per heavy atom. The van der Waals surface area contributed by atoms with E-state index in [1.807, 2.05) is 29.2 Å². The lowest BCUT2D eigenvalue weighted by Crippen LogP contribution is -2.48. The van der Waals surface area contributed by atoms with E-state index in [9.17, 15) is 14.0 Å². The maximum absolute atomic E-state index is 14.3. The summed E-state index contributed by atoms with van der Waals surface area (Å²) < 4.78 is 19.5. The largest absolute Gasteiger partial charge is 0.497 e. The van der Waals surface area contributed by atoms with Crippen molar-refractivity contribution in [2.24, 2.45) is 0 Å². The molecule has 1 aliphatic rings. The average Bonchev–Trinajstić information content (AvgIpc) is 2.72. The number of Topliss-reactive ketones (excluding diaryl/α,β-unsaturated/α-hetero) is 1. The topological polar surface area (TPSA) is 49.9 Å². The molecule has 1 amide bonds. The number of amides is 1. The molecule has 0 radical (unpaired) electrons. The van der Waals surface area contributed by atoms with Crippen molar-refractivity contribution >= 4 is 23.5 Å². The van der Waals surface area contributed by atoms with Crippen LogP contribution in [0.2, 0.25) is 0 Å². The van der Waals surface area contributed by atoms with Crippen molar-refractivity contribution in [1.82, 2.24) is 4.90 Å². The molecule has 0 unspecified atom stereocenters. The van der Waals surface area contributed by atoms with Crippen LogP contribution in [0.25, 0.3) is 6.08 Å². The molecule has 3 rings (SSSR count). The Morgan fingerprint density at radius 3 is 2.46 bits per heavy atom. The summed E-state index contributed by atoms with van der Waals surface area (Å²) in [5.74, 6) is 0.0880. The van der Waals surface area contributed by atoms with Gasteiger partial charge in [0.1, 0.15) is 11.6 Å². The quantitative estimate of drug-likeness (QED) is 0.588. The molecular weight excluding hydrogens is 359 g/mol. The van der Waals surface area contributed by atoms with Gasteiger partial charge in [0.05, 0.1) is 12.8 Å². The highest BCUT2D eigenvalue weighted by Gasteiger charge is 2.22. The Morgan fingerprint density at radius 2 is 1.82 bits per heavy atom. The lowest BCUT2D eigenvalue weighted by atomic mass is 10.1. The summed E-state index contributed by atoms with van der Waals surface area (Å²) in [6.07, 6.45) is 3.31. The molecule has 0 saturated carbocycles. The van der Waals surface area contributed by atoms with E-state index in [0.717, 1.165) is 11.3 Å². The summed E-state index contributed by atoms with van der Waals surface area (Å²) >= 11 is 0. The van der Waals surface area contributed by atoms with Gasteiger partial charge in [-0.05, 0) is 48.9 Å². The number of anilines is 1. The van der Waals surface area contributed by atoms with Gasteiger partial charge in [0.15, 0.2) is 5.78 Å². The molecular formula is C22H23FN2O3. The number of methoxy groups -OCH3 is 1. The maximum Gasteiger partial charge on any atom is 0.246 e. The Bertz CT molecular complexity index is 902. The van der Waals surface area contributed by atoms with Gasteiger partial charge < -0.3 is 14.5 Å². The SMILES string of the molecule is COc1cccc(/C=C/C(=O)N2CCN(c3ccc(C(C)=O)cc3F)CC2)c1. The van der Waals surface area contributed by atoms with Gasteiger partial charge >= 0.3 is 0 Å². The second kappa shape index (κ2) is 8.69. The Hall–Kier alpha value is -3.15. The van der Waals surface area contributed by atoms with Gasteiger partial charge in [0.25, 0.3) is 0 Å². The van der Waals surface area contributed by atoms with Crippen LogP contribution in [0.5, 0.6) is 5.75 Å². The first-order valence-corrected chi connectivity index (χ1v) is 9.14. The molecule has 1 aliphatic heterocycles. The van der Waals surface area contributed by atoms with Crippen LogP contribution in [0.3, 0.4) is 0 Å². The third kappa shape index (κ3) is 4.57. The van der Waals surface area contributed by atoms with Crippen molar-refractivity contribution in [1.29, 1.82) is 0 Å². The predicted molar refractivity (Wildman–Crippen MR) is 107 cm³/mol. The molecule has 6 heteroatoms. The van der Waals surface area contributed by atoms with Crippen molar-refractivity contribution in [3.8, 4) is 5.75 Å². The van der Waals surface area contributed by atoms with Crippen molar-refractivity contribution < 1.29 is 18.7 Å². The van der Waals surface area contributed by atoms with Gasteiger partial charge in [0.2, 0.25) is 5.91 Å². The highest BCUT2D eigenvalue weighted by atomic mass is 19.1. The predicted octanol–water partition coefficient (Wildman–Crippen LogP) is 3.40. The number of carbonyl (C=O) groups excluding carboxylic acids is 2. The van der Waals surface area contributed by atoms with Gasteiger partial charge in [-0.1, -0.05) is 12.1 Å². The number of nitrogens with zero attached hydrogens (tertiary/aromatic N) is 2. The van der Waals surface area contributed by atoms with Crippen molar-refractivity contribution in [2.45, 2.75) is 6.92 Å². The third-order valence-corrected chi connectivity index (χ3v) is 4.80. The van der Waals surface area contributed by atoms with Gasteiger partial charge in [-0.3, -0.25) is 9.59 Å². The van der Waals surface area contributed by atoms with Crippen LogP contribution in [0.1, 0.15) is 22.8 Å². The molecule has 2 aromatic carbocycles. The molecule has 1 fully saturated rings. The number of rotatable bonds is 5. The van der Waals surface area contributed by atoms with Gasteiger partial charge in [-0.2, -0.15) is 0 Å². The smallest absolute Gasteiger partial charge is 0.246 e. The molecule has 0 atom stereocenters. The number of hydrogen-bond donors (Lipinski definition) is 0. The van der Waals surface area contributed by atoms with Gasteiger partial charge in [-0.15, -0.1) is 0 Å². The minimum atomic E-state index is -0.412. The van der Waals surface area contributed by atoms with Crippen LogP contribution in [-0.2, 0) is 4.79 Å². The fourth-order valence-corrected chi connectivity index (χ4v) is 3.17. The molecule has 146 valence electrons. The number of piperazine rings is 1. The first-order valence-electron chi connectivity index (χ1n) is 9.14. The van der Waals surface area contributed by atoms with E-state index < -0.39 is 5.82 Å². The number of ether oxygens (including phenoxy) is 1. The summed E-state index contributed by atoms with van der Waals surface area (Å²) in [5.41, 5.74) is 1.71. The molecule has 0 spiro atoms. The molecule has 1 saturated heterocycles. The summed E-state index contributed by atoms with van der Waals surface area (Å²) in [5, 5.41) is 0. The van der Waals surface area contributed by atoms with Crippen LogP contribution in [0.4, 0.5) is 10.1 Å². The molecule has 5 nitrogen and oxygen atoms in total. The van der Waals surface area contributed by atoms with Crippen molar-refractivity contribution in [3.05, 3.63) is 65.5 Å². The summed E-state index contributed by atoms with van der Waals surface area (Å²) in [7, 11) is 1.60. The number of ketones is 1. The maximum atomic E-state index is 14.3. The summed E-state index contributed by atoms with van der Waals surface area (Å²) in [6, 6.07) is 12.0. The van der Waals surface area contributed by atoms with E-state index in [1.54, 1.807) is 36.3 Å². The first-order chi connectivity index (χ1) is 13.5. The second-order valence-corrected chi connectivity index (χ2v) is 6.64. The zero-order chi connectivity index (χ0) is 20.1. The highest BCUT2D eigenvalue weighted by Crippen LogP contribution is 2.22. The lowest BCUT2D eigenvalue weighted by molar-refractivity contribution is -0.126. The van der Waals surface area contributed by atoms with Crippen LogP contribution in [-0.4, -0.2) is 49.9 Å². The van der Waals surface area contributed by atoms with Crippen molar-refractivity contribution in [2.75, 3.05) is 38.2 Å². The second-order valence-electron chi connectivity index (χ2n) is 6.64. The fourth-order valence-electron chi connectivity index (χ4n) is 3.17. The Labute approximate surface area is 164 Å². The molecule has 1 heterocycles. The van der Waals surface area contributed by atoms with Crippen LogP contribution in [0.15, 0.2) is 48.5 Å². The number of halogens is 1. The third-order valence-electron chi connectivity index (χ3n) is 4.80. The number of carbonyl (C=O) groups is 2. The van der Waals surface area contributed by atoms with Crippen LogP contribution < -0.4 is 9.64 Å². The molecule has 28 heavy (non-hydrogen) atoms. The minimum absolute atomic E-state index is 0.0742. The zero-order valence-electron chi connectivity index (χ0n) is 16.0. The van der Waals surface area contributed by atoms with E-state index in [-0.39, 0.29) is 11.7 Å². The van der Waals surface area contributed by atoms with E-state index in [1.165, 1.54) is 13.0 Å². The average molecular weight is 382 g/mol. The standard InChI is InChI=1S/C22H23FN2O3/c1-16(26)18-7-8-21(20(23)15-18)24-10-12-25(13-11-24)22(27)9-6-17-4-3-5-19(14-17)28-2/h3-9,14-15H,10-13H2,1-2H3/b9-6+. The zero-order valence-corrected chi connectivity index (χ0v) is 16.0. The minimum Gasteiger partial charge on any atom is -0.497 e. The molecule has 0 aromatic heterocycles. The van der Waals surface area contributed by atoms with E-state index in [4.69, 9.17) is 4.74 Å². The first kappa shape index (κ1) is 19.6. The highest BCUT2D eigenvalue weighted by molar-refractivity contribution is 5.94. The van der Waals surface area contributed by atoms with E-state index >= 15 is 0 Å². The molecule has 0 aliphatic carbocycles.